The summed E-state index contributed by atoms with van der Waals surface area (Å²) >= 11 is 1.60. The number of hydrazone groups is 1. The van der Waals surface area contributed by atoms with Gasteiger partial charge in [-0.25, -0.2) is 0 Å². The van der Waals surface area contributed by atoms with E-state index in [1.54, 1.807) is 11.9 Å². The van der Waals surface area contributed by atoms with E-state index in [-0.39, 0.29) is 0 Å². The molecule has 26 heavy (non-hydrogen) atoms. The number of rotatable bonds is 9. The van der Waals surface area contributed by atoms with E-state index in [4.69, 9.17) is 0 Å². The molecule has 0 amide bonds. The molecule has 0 fully saturated rings. The van der Waals surface area contributed by atoms with Gasteiger partial charge in [0.15, 0.2) is 0 Å². The van der Waals surface area contributed by atoms with Gasteiger partial charge in [-0.2, -0.15) is 5.10 Å². The van der Waals surface area contributed by atoms with Gasteiger partial charge in [-0.1, -0.05) is 36.9 Å². The van der Waals surface area contributed by atoms with E-state index in [2.05, 4.69) is 59.0 Å². The van der Waals surface area contributed by atoms with Gasteiger partial charge in [0.1, 0.15) is 0 Å². The lowest BCUT2D eigenvalue weighted by atomic mass is 10.00. The molecule has 0 spiro atoms. The summed E-state index contributed by atoms with van der Waals surface area (Å²) in [4.78, 5) is 1.17. The third kappa shape index (κ3) is 5.64. The minimum atomic E-state index is 0.823. The number of nitrogens with one attached hydrogen (secondary N) is 2. The predicted molar refractivity (Wildman–Crippen MR) is 116 cm³/mol. The van der Waals surface area contributed by atoms with Crippen LogP contribution in [-0.2, 0) is 6.54 Å². The highest BCUT2D eigenvalue weighted by Crippen LogP contribution is 2.30. The van der Waals surface area contributed by atoms with Crippen molar-refractivity contribution < 1.29 is 0 Å². The van der Waals surface area contributed by atoms with E-state index in [0.717, 1.165) is 35.6 Å². The molecular weight excluding hydrogens is 340 g/mol. The van der Waals surface area contributed by atoms with Crippen LogP contribution in [0.3, 0.4) is 0 Å². The molecule has 2 aromatic rings. The highest BCUT2D eigenvalue weighted by Gasteiger charge is 2.11. The Hall–Kier alpha value is -2.24. The lowest BCUT2D eigenvalue weighted by Crippen LogP contribution is -2.13. The molecule has 0 bridgehead atoms. The van der Waals surface area contributed by atoms with Crippen LogP contribution in [0.5, 0.6) is 0 Å². The summed E-state index contributed by atoms with van der Waals surface area (Å²) in [6, 6.07) is 16.7. The molecule has 0 saturated carbocycles. The van der Waals surface area contributed by atoms with Crippen LogP contribution >= 0.6 is 11.9 Å². The van der Waals surface area contributed by atoms with Crippen LogP contribution in [0.25, 0.3) is 5.57 Å². The summed E-state index contributed by atoms with van der Waals surface area (Å²) in [6.45, 7) is 10.0. The van der Waals surface area contributed by atoms with Crippen LogP contribution in [0.4, 0.5) is 5.69 Å². The fraction of sp³-hybridized carbons (Fsp3) is 0.286. The molecule has 0 unspecified atom stereocenters. The zero-order valence-corrected chi connectivity index (χ0v) is 16.9. The molecule has 2 rings (SSSR count). The van der Waals surface area contributed by atoms with Crippen LogP contribution in [0.15, 0.2) is 65.1 Å². The Kier molecular flexibility index (Phi) is 7.75. The van der Waals surface area contributed by atoms with Gasteiger partial charge in [-0.05, 0) is 62.2 Å². The second-order valence-electron chi connectivity index (χ2n) is 6.07. The van der Waals surface area contributed by atoms with E-state index >= 15 is 0 Å². The molecule has 138 valence electrons. The Morgan fingerprint density at radius 2 is 1.92 bits per heavy atom. The molecule has 0 aliphatic rings. The molecule has 0 radical (unpaired) electrons. The minimum absolute atomic E-state index is 0.823. The first-order valence-electron chi connectivity index (χ1n) is 8.76. The Morgan fingerprint density at radius 1 is 1.19 bits per heavy atom. The summed E-state index contributed by atoms with van der Waals surface area (Å²) in [5.41, 5.74) is 5.19. The maximum atomic E-state index is 4.59. The van der Waals surface area contributed by atoms with Crippen molar-refractivity contribution >= 4 is 28.9 Å². The van der Waals surface area contributed by atoms with E-state index in [9.17, 15) is 0 Å². The third-order valence-electron chi connectivity index (χ3n) is 4.03. The van der Waals surface area contributed by atoms with E-state index in [0.29, 0.717) is 0 Å². The number of anilines is 1. The van der Waals surface area contributed by atoms with E-state index in [1.165, 1.54) is 10.5 Å². The van der Waals surface area contributed by atoms with Crippen molar-refractivity contribution in [1.82, 2.24) is 10.3 Å². The molecule has 5 heteroatoms. The zero-order valence-electron chi connectivity index (χ0n) is 16.0. The van der Waals surface area contributed by atoms with Gasteiger partial charge < -0.3 is 15.0 Å². The fourth-order valence-electron chi connectivity index (χ4n) is 2.44. The Labute approximate surface area is 161 Å². The lowest BCUT2D eigenvalue weighted by molar-refractivity contribution is 0.376. The number of nitrogens with zero attached hydrogens (tertiary/aromatic N) is 2. The van der Waals surface area contributed by atoms with Crippen molar-refractivity contribution in [3.63, 3.8) is 0 Å². The predicted octanol–water partition coefficient (Wildman–Crippen LogP) is 4.87. The first kappa shape index (κ1) is 20.1. The van der Waals surface area contributed by atoms with Crippen LogP contribution in [-0.4, -0.2) is 31.4 Å². The van der Waals surface area contributed by atoms with E-state index < -0.39 is 0 Å². The molecule has 0 aliphatic heterocycles. The first-order chi connectivity index (χ1) is 12.5. The monoisotopic (exact) mass is 368 g/mol. The molecule has 0 aromatic heterocycles. The molecule has 0 aliphatic carbocycles. The summed E-state index contributed by atoms with van der Waals surface area (Å²) in [6.07, 6.45) is 0. The minimum Gasteiger partial charge on any atom is -0.325 e. The fourth-order valence-corrected chi connectivity index (χ4v) is 3.13. The molecule has 2 aromatic carbocycles. The summed E-state index contributed by atoms with van der Waals surface area (Å²) in [5.74, 6) is 0. The first-order valence-corrected chi connectivity index (χ1v) is 9.58. The second kappa shape index (κ2) is 10.0. The average Bonchev–Trinajstić information content (AvgIpc) is 2.67. The van der Waals surface area contributed by atoms with Gasteiger partial charge >= 0.3 is 0 Å². The SMILES string of the molecule is C=C(/C(C)=N\N(C)CC)c1ccc(CNC)cc1NSc1ccccc1. The van der Waals surface area contributed by atoms with Gasteiger partial charge in [0.25, 0.3) is 0 Å². The second-order valence-corrected chi connectivity index (χ2v) is 6.94. The Balaban J connectivity index is 2.29. The standard InChI is InChI=1S/C21H28N4S/c1-6-25(5)23-17(3)16(2)20-13-12-18(15-22-4)14-21(20)24-26-19-10-8-7-9-11-19/h7-14,22,24H,2,6,15H2,1,3-5H3/b23-17-. The maximum absolute atomic E-state index is 4.59. The Morgan fingerprint density at radius 3 is 2.58 bits per heavy atom. The molecule has 0 heterocycles. The molecular formula is C21H28N4S. The summed E-state index contributed by atoms with van der Waals surface area (Å²) in [7, 11) is 3.92. The van der Waals surface area contributed by atoms with Crippen molar-refractivity contribution in [3.8, 4) is 0 Å². The van der Waals surface area contributed by atoms with Crippen LogP contribution in [0.2, 0.25) is 0 Å². The maximum Gasteiger partial charge on any atom is 0.0647 e. The van der Waals surface area contributed by atoms with Gasteiger partial charge in [0.2, 0.25) is 0 Å². The van der Waals surface area contributed by atoms with Crippen LogP contribution in [0.1, 0.15) is 25.0 Å². The van der Waals surface area contributed by atoms with E-state index in [1.807, 2.05) is 44.2 Å². The van der Waals surface area contributed by atoms with Crippen molar-refractivity contribution in [1.29, 1.82) is 0 Å². The van der Waals surface area contributed by atoms with Crippen molar-refractivity contribution in [3.05, 3.63) is 66.2 Å². The molecule has 4 nitrogen and oxygen atoms in total. The Bertz CT molecular complexity index is 756. The largest absolute Gasteiger partial charge is 0.325 e. The third-order valence-corrected chi connectivity index (χ3v) is 4.86. The number of hydrogen-bond donors (Lipinski definition) is 2. The zero-order chi connectivity index (χ0) is 18.9. The van der Waals surface area contributed by atoms with Crippen molar-refractivity contribution in [2.75, 3.05) is 25.4 Å². The smallest absolute Gasteiger partial charge is 0.0647 e. The quantitative estimate of drug-likeness (QED) is 0.376. The van der Waals surface area contributed by atoms with Gasteiger partial charge in [-0.3, -0.25) is 0 Å². The average molecular weight is 369 g/mol. The van der Waals surface area contributed by atoms with Crippen molar-refractivity contribution in [2.45, 2.75) is 25.3 Å². The number of allylic oxidation sites excluding steroid dienone is 1. The number of hydrogen-bond acceptors (Lipinski definition) is 5. The number of benzene rings is 2. The van der Waals surface area contributed by atoms with Crippen LogP contribution < -0.4 is 10.0 Å². The molecule has 0 atom stereocenters. The summed E-state index contributed by atoms with van der Waals surface area (Å²) < 4.78 is 3.49. The molecule has 2 N–H and O–H groups in total. The topological polar surface area (TPSA) is 39.7 Å². The van der Waals surface area contributed by atoms with Gasteiger partial charge in [0.05, 0.1) is 11.4 Å². The highest BCUT2D eigenvalue weighted by molar-refractivity contribution is 8.00. The normalized spacial score (nSPS) is 11.3. The van der Waals surface area contributed by atoms with Gasteiger partial charge in [0, 0.05) is 30.6 Å². The molecule has 0 saturated heterocycles. The van der Waals surface area contributed by atoms with Crippen molar-refractivity contribution in [2.24, 2.45) is 5.10 Å². The highest BCUT2D eigenvalue weighted by atomic mass is 32.2. The summed E-state index contributed by atoms with van der Waals surface area (Å²) in [5, 5.41) is 9.71. The lowest BCUT2D eigenvalue weighted by Gasteiger charge is -2.17. The van der Waals surface area contributed by atoms with Crippen LogP contribution in [0, 0.1) is 0 Å². The van der Waals surface area contributed by atoms with Gasteiger partial charge in [-0.15, -0.1) is 0 Å².